The number of nitrogens with one attached hydrogen (secondary N) is 1. The summed E-state index contributed by atoms with van der Waals surface area (Å²) in [6.07, 6.45) is 2.19. The Morgan fingerprint density at radius 1 is 0.969 bits per heavy atom. The quantitative estimate of drug-likeness (QED) is 0.444. The molecule has 0 atom stereocenters. The van der Waals surface area contributed by atoms with Crippen molar-refractivity contribution in [3.63, 3.8) is 0 Å². The number of carbonyl (C=O) groups is 1. The molecule has 1 aliphatic carbocycles. The summed E-state index contributed by atoms with van der Waals surface area (Å²) in [5.74, 6) is 0.136. The predicted octanol–water partition coefficient (Wildman–Crippen LogP) is 5.88. The van der Waals surface area contributed by atoms with Gasteiger partial charge in [0.15, 0.2) is 5.78 Å². The summed E-state index contributed by atoms with van der Waals surface area (Å²) >= 11 is 0. The van der Waals surface area contributed by atoms with E-state index in [-0.39, 0.29) is 5.78 Å². The highest BCUT2D eigenvalue weighted by atomic mass is 31.1. The zero-order chi connectivity index (χ0) is 22.3. The Labute approximate surface area is 191 Å². The fourth-order valence-corrected chi connectivity index (χ4v) is 4.68. The summed E-state index contributed by atoms with van der Waals surface area (Å²) in [5, 5.41) is 4.66. The first kappa shape index (κ1) is 22.0. The molecule has 0 unspecified atom stereocenters. The van der Waals surface area contributed by atoms with E-state index in [9.17, 15) is 4.79 Å². The number of anilines is 1. The second kappa shape index (κ2) is 10.4. The minimum atomic E-state index is 0.136. The Kier molecular flexibility index (Phi) is 7.14. The molecule has 0 spiro atoms. The molecule has 0 aliphatic heterocycles. The summed E-state index contributed by atoms with van der Waals surface area (Å²) in [7, 11) is 0.923. The standard InChI is InChI=1S/C27H28N3OP/c1-3-30(4-2)22-14-15-25-21(16-22)17-23(31)18-27(25)28-19-20-10-8-9-13-26(20)29-32-24-11-6-5-7-12-24/h5-16,18,28H,3-4,17,19H2,1-2H3. The molecule has 5 heteroatoms. The lowest BCUT2D eigenvalue weighted by Crippen LogP contribution is -2.23. The SMILES string of the molecule is CCN(CC)c1ccc2c(c1)CC(=O)C=C2NCc1ccccc1N=Pc1ccccc1. The van der Waals surface area contributed by atoms with E-state index >= 15 is 0 Å². The van der Waals surface area contributed by atoms with Gasteiger partial charge in [-0.15, -0.1) is 0 Å². The van der Waals surface area contributed by atoms with Crippen LogP contribution < -0.4 is 15.5 Å². The third-order valence-corrected chi connectivity index (χ3v) is 6.51. The van der Waals surface area contributed by atoms with Gasteiger partial charge in [-0.25, -0.2) is 4.74 Å². The second-order valence-corrected chi connectivity index (χ2v) is 8.65. The van der Waals surface area contributed by atoms with Gasteiger partial charge in [0.1, 0.15) is 0 Å². The molecule has 162 valence electrons. The zero-order valence-electron chi connectivity index (χ0n) is 18.6. The van der Waals surface area contributed by atoms with Gasteiger partial charge >= 0.3 is 0 Å². The van der Waals surface area contributed by atoms with Gasteiger partial charge in [0.05, 0.1) is 5.69 Å². The Bertz CT molecular complexity index is 1150. The van der Waals surface area contributed by atoms with Crippen molar-refractivity contribution in [2.45, 2.75) is 26.8 Å². The molecule has 3 aromatic carbocycles. The second-order valence-electron chi connectivity index (χ2n) is 7.73. The number of nitrogens with zero attached hydrogens (tertiary/aromatic N) is 2. The summed E-state index contributed by atoms with van der Waals surface area (Å²) in [6, 6.07) is 24.8. The first-order valence-electron chi connectivity index (χ1n) is 11.1. The van der Waals surface area contributed by atoms with Gasteiger partial charge in [0.25, 0.3) is 0 Å². The van der Waals surface area contributed by atoms with Gasteiger partial charge in [-0.05, 0) is 55.3 Å². The third-order valence-electron chi connectivity index (χ3n) is 5.67. The lowest BCUT2D eigenvalue weighted by Gasteiger charge is -2.25. The van der Waals surface area contributed by atoms with E-state index in [1.54, 1.807) is 6.08 Å². The monoisotopic (exact) mass is 441 g/mol. The van der Waals surface area contributed by atoms with Crippen molar-refractivity contribution in [2.75, 3.05) is 18.0 Å². The normalized spacial score (nSPS) is 13.1. The van der Waals surface area contributed by atoms with Crippen molar-refractivity contribution in [3.05, 3.63) is 95.6 Å². The fourth-order valence-electron chi connectivity index (χ4n) is 3.95. The maximum absolute atomic E-state index is 12.4. The van der Waals surface area contributed by atoms with Crippen LogP contribution in [0, 0.1) is 0 Å². The number of allylic oxidation sites excluding steroid dienone is 1. The Morgan fingerprint density at radius 2 is 1.72 bits per heavy atom. The molecule has 4 nitrogen and oxygen atoms in total. The number of carbonyl (C=O) groups excluding carboxylic acids is 1. The predicted molar refractivity (Wildman–Crippen MR) is 135 cm³/mol. The van der Waals surface area contributed by atoms with E-state index in [0.29, 0.717) is 13.0 Å². The Morgan fingerprint density at radius 3 is 2.50 bits per heavy atom. The molecule has 4 rings (SSSR count). The maximum atomic E-state index is 12.4. The van der Waals surface area contributed by atoms with Gasteiger partial charge in [0.2, 0.25) is 0 Å². The smallest absolute Gasteiger partial charge is 0.162 e. The molecule has 0 aromatic heterocycles. The number of hydrogen-bond donors (Lipinski definition) is 1. The fraction of sp³-hybridized carbons (Fsp3) is 0.222. The van der Waals surface area contributed by atoms with Crippen LogP contribution >= 0.6 is 8.37 Å². The highest BCUT2D eigenvalue weighted by molar-refractivity contribution is 7.37. The van der Waals surface area contributed by atoms with E-state index in [0.717, 1.165) is 54.8 Å². The molecule has 0 heterocycles. The van der Waals surface area contributed by atoms with Gasteiger partial charge in [0, 0.05) is 62.8 Å². The van der Waals surface area contributed by atoms with E-state index < -0.39 is 0 Å². The minimum Gasteiger partial charge on any atom is -0.380 e. The van der Waals surface area contributed by atoms with E-state index in [1.807, 2.05) is 36.4 Å². The van der Waals surface area contributed by atoms with E-state index in [2.05, 4.69) is 60.5 Å². The average molecular weight is 442 g/mol. The van der Waals surface area contributed by atoms with Crippen molar-refractivity contribution in [1.29, 1.82) is 0 Å². The minimum absolute atomic E-state index is 0.136. The highest BCUT2D eigenvalue weighted by Gasteiger charge is 2.19. The van der Waals surface area contributed by atoms with E-state index in [4.69, 9.17) is 4.74 Å². The first-order valence-corrected chi connectivity index (χ1v) is 11.9. The third kappa shape index (κ3) is 5.15. The van der Waals surface area contributed by atoms with Crippen LogP contribution in [0.4, 0.5) is 11.4 Å². The zero-order valence-corrected chi connectivity index (χ0v) is 19.5. The molecule has 0 fully saturated rings. The van der Waals surface area contributed by atoms with Crippen LogP contribution in [0.25, 0.3) is 5.70 Å². The summed E-state index contributed by atoms with van der Waals surface area (Å²) in [6.45, 7) is 6.82. The lowest BCUT2D eigenvalue weighted by molar-refractivity contribution is -0.114. The van der Waals surface area contributed by atoms with Crippen LogP contribution in [0.15, 0.2) is 83.6 Å². The average Bonchev–Trinajstić information content (AvgIpc) is 2.83. The molecule has 0 amide bonds. The summed E-state index contributed by atoms with van der Waals surface area (Å²) < 4.78 is 4.79. The summed E-state index contributed by atoms with van der Waals surface area (Å²) in [5.41, 5.74) is 6.33. The molecule has 0 saturated carbocycles. The maximum Gasteiger partial charge on any atom is 0.162 e. The van der Waals surface area contributed by atoms with Crippen LogP contribution in [0.5, 0.6) is 0 Å². The lowest BCUT2D eigenvalue weighted by atomic mass is 9.93. The molecule has 0 radical (unpaired) electrons. The molecule has 32 heavy (non-hydrogen) atoms. The molecular weight excluding hydrogens is 413 g/mol. The largest absolute Gasteiger partial charge is 0.380 e. The Balaban J connectivity index is 1.54. The van der Waals surface area contributed by atoms with Crippen molar-refractivity contribution in [3.8, 4) is 0 Å². The number of hydrogen-bond acceptors (Lipinski definition) is 4. The molecule has 0 bridgehead atoms. The van der Waals surface area contributed by atoms with Gasteiger partial charge in [-0.3, -0.25) is 4.79 Å². The molecular formula is C27H28N3OP. The first-order chi connectivity index (χ1) is 15.7. The highest BCUT2D eigenvalue weighted by Crippen LogP contribution is 2.29. The number of fused-ring (bicyclic) bond motifs is 1. The van der Waals surface area contributed by atoms with Crippen LogP contribution in [0.2, 0.25) is 0 Å². The van der Waals surface area contributed by atoms with E-state index in [1.165, 1.54) is 5.69 Å². The van der Waals surface area contributed by atoms with Crippen LogP contribution in [-0.4, -0.2) is 18.9 Å². The van der Waals surface area contributed by atoms with Crippen molar-refractivity contribution in [1.82, 2.24) is 5.32 Å². The molecule has 3 aromatic rings. The van der Waals surface area contributed by atoms with Crippen LogP contribution in [0.3, 0.4) is 0 Å². The van der Waals surface area contributed by atoms with Crippen molar-refractivity contribution < 1.29 is 4.79 Å². The molecule has 1 aliphatic rings. The summed E-state index contributed by atoms with van der Waals surface area (Å²) in [4.78, 5) is 14.7. The van der Waals surface area contributed by atoms with Gasteiger partial charge < -0.3 is 10.2 Å². The number of benzene rings is 3. The van der Waals surface area contributed by atoms with Gasteiger partial charge in [-0.1, -0.05) is 42.5 Å². The topological polar surface area (TPSA) is 44.7 Å². The number of rotatable bonds is 8. The number of ketones is 1. The molecule has 0 saturated heterocycles. The van der Waals surface area contributed by atoms with Crippen molar-refractivity contribution in [2.24, 2.45) is 4.74 Å². The van der Waals surface area contributed by atoms with Crippen molar-refractivity contribution >= 4 is 36.5 Å². The van der Waals surface area contributed by atoms with Gasteiger partial charge in [-0.2, -0.15) is 0 Å². The molecule has 1 N–H and O–H groups in total. The van der Waals surface area contributed by atoms with Crippen LogP contribution in [-0.2, 0) is 17.8 Å². The van der Waals surface area contributed by atoms with Crippen LogP contribution in [0.1, 0.15) is 30.5 Å². The Hall–Kier alpha value is -3.23.